The number of carbonyl (C=O) groups is 2. The van der Waals surface area contributed by atoms with Crippen LogP contribution < -0.4 is 19.1 Å². The minimum atomic E-state index is -4.34. The maximum Gasteiger partial charge on any atom is 0.264 e. The van der Waals surface area contributed by atoms with Crippen molar-refractivity contribution in [2.24, 2.45) is 0 Å². The molecule has 1 atom stereocenters. The summed E-state index contributed by atoms with van der Waals surface area (Å²) in [5, 5.41) is 3.63. The number of methoxy groups -OCH3 is 2. The van der Waals surface area contributed by atoms with Crippen molar-refractivity contribution in [1.29, 1.82) is 0 Å². The Morgan fingerprint density at radius 3 is 2.13 bits per heavy atom. The number of benzene rings is 4. The monoisotopic (exact) mass is 697 g/mol. The fraction of sp³-hybridized carbons (Fsp3) is 0.257. The lowest BCUT2D eigenvalue weighted by molar-refractivity contribution is -0.140. The number of hydrogen-bond acceptors (Lipinski definition) is 6. The zero-order valence-electron chi connectivity index (χ0n) is 26.5. The van der Waals surface area contributed by atoms with Gasteiger partial charge in [-0.2, -0.15) is 0 Å². The minimum Gasteiger partial charge on any atom is -0.497 e. The molecular weight excluding hydrogens is 661 g/mol. The third-order valence-electron chi connectivity index (χ3n) is 7.34. The average molecular weight is 699 g/mol. The third kappa shape index (κ3) is 8.97. The molecule has 1 N–H and O–H groups in total. The van der Waals surface area contributed by atoms with E-state index in [0.717, 1.165) is 9.87 Å². The van der Waals surface area contributed by atoms with Crippen molar-refractivity contribution in [2.75, 3.05) is 25.1 Å². The van der Waals surface area contributed by atoms with Crippen molar-refractivity contribution in [1.82, 2.24) is 10.2 Å². The normalized spacial score (nSPS) is 11.9. The number of sulfonamides is 1. The first kappa shape index (κ1) is 35.6. The Morgan fingerprint density at radius 2 is 1.51 bits per heavy atom. The molecule has 0 saturated heterocycles. The first-order chi connectivity index (χ1) is 22.4. The summed E-state index contributed by atoms with van der Waals surface area (Å²) in [6.07, 6.45) is 0.163. The SMILES string of the molecule is COc1ccc(S(=O)(=O)N(CC(=O)N(Cc2ccc(Cl)cc2Cl)C(Cc2ccccc2)C(=O)NC(C)C)c2ccccc2OC)cc1. The standard InChI is InChI=1S/C35H37Cl2N3O6S/c1-24(2)38-35(42)32(20-25-10-6-5-7-11-25)39(22-26-14-15-27(36)21-30(26)37)34(41)23-40(31-12-8-9-13-33(31)46-4)47(43,44)29-18-16-28(45-3)17-19-29/h5-19,21,24,32H,20,22-23H2,1-4H3,(H,38,42). The summed E-state index contributed by atoms with van der Waals surface area (Å²) in [6.45, 7) is 2.90. The molecule has 0 bridgehead atoms. The van der Waals surface area contributed by atoms with Crippen molar-refractivity contribution < 1.29 is 27.5 Å². The maximum atomic E-state index is 14.6. The van der Waals surface area contributed by atoms with Crippen molar-refractivity contribution in [3.8, 4) is 11.5 Å². The summed E-state index contributed by atoms with van der Waals surface area (Å²) in [5.41, 5.74) is 1.49. The molecule has 0 aliphatic carbocycles. The Labute approximate surface area is 286 Å². The highest BCUT2D eigenvalue weighted by Crippen LogP contribution is 2.33. The summed E-state index contributed by atoms with van der Waals surface area (Å²) < 4.78 is 40.3. The van der Waals surface area contributed by atoms with Gasteiger partial charge in [-0.3, -0.25) is 13.9 Å². The number of amides is 2. The second kappa shape index (κ2) is 16.0. The fourth-order valence-corrected chi connectivity index (χ4v) is 6.89. The number of nitrogens with one attached hydrogen (secondary N) is 1. The molecule has 0 saturated carbocycles. The molecular formula is C35H37Cl2N3O6S. The van der Waals surface area contributed by atoms with Crippen molar-refractivity contribution in [3.63, 3.8) is 0 Å². The predicted molar refractivity (Wildman–Crippen MR) is 185 cm³/mol. The zero-order chi connectivity index (χ0) is 34.1. The highest BCUT2D eigenvalue weighted by Gasteiger charge is 2.36. The molecule has 1 unspecified atom stereocenters. The number of anilines is 1. The molecule has 0 aliphatic rings. The van der Waals surface area contributed by atoms with Gasteiger partial charge in [0.15, 0.2) is 0 Å². The molecule has 2 amide bonds. The molecule has 47 heavy (non-hydrogen) atoms. The first-order valence-corrected chi connectivity index (χ1v) is 17.0. The van der Waals surface area contributed by atoms with Crippen LogP contribution in [0.2, 0.25) is 10.0 Å². The summed E-state index contributed by atoms with van der Waals surface area (Å²) in [6, 6.07) is 25.3. The maximum absolute atomic E-state index is 14.6. The highest BCUT2D eigenvalue weighted by atomic mass is 35.5. The zero-order valence-corrected chi connectivity index (χ0v) is 28.9. The molecule has 248 valence electrons. The quantitative estimate of drug-likeness (QED) is 0.164. The number of para-hydroxylation sites is 2. The van der Waals surface area contributed by atoms with Gasteiger partial charge in [0, 0.05) is 29.1 Å². The van der Waals surface area contributed by atoms with E-state index in [2.05, 4.69) is 5.32 Å². The Balaban J connectivity index is 1.85. The number of ether oxygens (including phenoxy) is 2. The van der Waals surface area contributed by atoms with E-state index >= 15 is 0 Å². The Hall–Kier alpha value is -4.25. The van der Waals surface area contributed by atoms with E-state index in [4.69, 9.17) is 32.7 Å². The molecule has 0 aliphatic heterocycles. The van der Waals surface area contributed by atoms with Crippen molar-refractivity contribution in [2.45, 2.75) is 43.8 Å². The van der Waals surface area contributed by atoms with Crippen LogP contribution in [0.1, 0.15) is 25.0 Å². The van der Waals surface area contributed by atoms with Crippen LogP contribution in [0, 0.1) is 0 Å². The van der Waals surface area contributed by atoms with Crippen LogP contribution in [0.25, 0.3) is 0 Å². The molecule has 0 heterocycles. The minimum absolute atomic E-state index is 0.0670. The van der Waals surface area contributed by atoms with Gasteiger partial charge in [0.2, 0.25) is 11.8 Å². The Bertz CT molecular complexity index is 1790. The van der Waals surface area contributed by atoms with Crippen molar-refractivity contribution in [3.05, 3.63) is 118 Å². The fourth-order valence-electron chi connectivity index (χ4n) is 4.99. The molecule has 9 nitrogen and oxygen atoms in total. The molecule has 4 aromatic carbocycles. The average Bonchev–Trinajstić information content (AvgIpc) is 3.06. The molecule has 4 aromatic rings. The van der Waals surface area contributed by atoms with Crippen LogP contribution >= 0.6 is 23.2 Å². The number of halogens is 2. The summed E-state index contributed by atoms with van der Waals surface area (Å²) >= 11 is 12.7. The molecule has 4 rings (SSSR count). The van der Waals surface area contributed by atoms with Crippen LogP contribution in [0.4, 0.5) is 5.69 Å². The first-order valence-electron chi connectivity index (χ1n) is 14.8. The van der Waals surface area contributed by atoms with Gasteiger partial charge >= 0.3 is 0 Å². The van der Waals surface area contributed by atoms with E-state index in [9.17, 15) is 18.0 Å². The van der Waals surface area contributed by atoms with E-state index in [1.807, 2.05) is 44.2 Å². The molecule has 0 radical (unpaired) electrons. The lowest BCUT2D eigenvalue weighted by Crippen LogP contribution is -2.54. The van der Waals surface area contributed by atoms with Crippen LogP contribution in [0.5, 0.6) is 11.5 Å². The predicted octanol–water partition coefficient (Wildman–Crippen LogP) is 6.37. The van der Waals surface area contributed by atoms with Gasteiger partial charge in [0.1, 0.15) is 24.1 Å². The van der Waals surface area contributed by atoms with Gasteiger partial charge in [-0.05, 0) is 73.5 Å². The summed E-state index contributed by atoms with van der Waals surface area (Å²) in [7, 11) is -1.45. The van der Waals surface area contributed by atoms with Crippen LogP contribution in [0.3, 0.4) is 0 Å². The van der Waals surface area contributed by atoms with Gasteiger partial charge in [-0.1, -0.05) is 71.7 Å². The summed E-state index contributed by atoms with van der Waals surface area (Å²) in [4.78, 5) is 29.8. The third-order valence-corrected chi connectivity index (χ3v) is 9.70. The Kier molecular flexibility index (Phi) is 12.1. The van der Waals surface area contributed by atoms with E-state index in [1.165, 1.54) is 43.4 Å². The van der Waals surface area contributed by atoms with Crippen LogP contribution in [-0.2, 0) is 32.6 Å². The van der Waals surface area contributed by atoms with E-state index in [-0.39, 0.29) is 35.3 Å². The largest absolute Gasteiger partial charge is 0.497 e. The lowest BCUT2D eigenvalue weighted by Gasteiger charge is -2.34. The van der Waals surface area contributed by atoms with E-state index in [1.54, 1.807) is 42.5 Å². The molecule has 0 spiro atoms. The van der Waals surface area contributed by atoms with Crippen molar-refractivity contribution >= 4 is 50.7 Å². The van der Waals surface area contributed by atoms with E-state index in [0.29, 0.717) is 21.4 Å². The second-order valence-corrected chi connectivity index (χ2v) is 13.7. The lowest BCUT2D eigenvalue weighted by atomic mass is 10.0. The number of rotatable bonds is 14. The van der Waals surface area contributed by atoms with Crippen LogP contribution in [-0.4, -0.2) is 58.0 Å². The van der Waals surface area contributed by atoms with Gasteiger partial charge in [0.05, 0.1) is 24.8 Å². The number of nitrogens with zero attached hydrogens (tertiary/aromatic N) is 2. The molecule has 12 heteroatoms. The van der Waals surface area contributed by atoms with Gasteiger partial charge < -0.3 is 19.7 Å². The topological polar surface area (TPSA) is 105 Å². The summed E-state index contributed by atoms with van der Waals surface area (Å²) in [5.74, 6) is -0.333. The Morgan fingerprint density at radius 1 is 0.851 bits per heavy atom. The second-order valence-electron chi connectivity index (χ2n) is 11.0. The van der Waals surface area contributed by atoms with Gasteiger partial charge in [-0.25, -0.2) is 8.42 Å². The number of hydrogen-bond donors (Lipinski definition) is 1. The van der Waals surface area contributed by atoms with Gasteiger partial charge in [-0.15, -0.1) is 0 Å². The van der Waals surface area contributed by atoms with Crippen LogP contribution in [0.15, 0.2) is 102 Å². The smallest absolute Gasteiger partial charge is 0.264 e. The number of carbonyl (C=O) groups excluding carboxylic acids is 2. The molecule has 0 aromatic heterocycles. The molecule has 0 fully saturated rings. The van der Waals surface area contributed by atoms with Gasteiger partial charge in [0.25, 0.3) is 10.0 Å². The van der Waals surface area contributed by atoms with E-state index < -0.39 is 34.4 Å². The highest BCUT2D eigenvalue weighted by molar-refractivity contribution is 7.92.